The van der Waals surface area contributed by atoms with Gasteiger partial charge in [0.25, 0.3) is 0 Å². The molecule has 1 aliphatic carbocycles. The molecule has 120 valence electrons. The second-order valence-corrected chi connectivity index (χ2v) is 5.91. The van der Waals surface area contributed by atoms with E-state index in [1.807, 2.05) is 32.0 Å². The van der Waals surface area contributed by atoms with Crippen molar-refractivity contribution in [1.82, 2.24) is 5.32 Å². The lowest BCUT2D eigenvalue weighted by molar-refractivity contribution is -0.136. The summed E-state index contributed by atoms with van der Waals surface area (Å²) in [5, 5.41) is 15.2. The van der Waals surface area contributed by atoms with Crippen LogP contribution in [0.1, 0.15) is 44.2 Å². The summed E-state index contributed by atoms with van der Waals surface area (Å²) in [6.45, 7) is 3.77. The normalized spacial score (nSPS) is 13.6. The smallest absolute Gasteiger partial charge is 0.313 e. The Hall–Kier alpha value is -1.88. The van der Waals surface area contributed by atoms with E-state index >= 15 is 0 Å². The largest absolute Gasteiger partial charge is 0.388 e. The average Bonchev–Trinajstić information content (AvgIpc) is 2.99. The van der Waals surface area contributed by atoms with Crippen molar-refractivity contribution in [3.8, 4) is 0 Å². The molecule has 0 saturated heterocycles. The van der Waals surface area contributed by atoms with Crippen LogP contribution >= 0.6 is 0 Å². The monoisotopic (exact) mass is 304 g/mol. The van der Waals surface area contributed by atoms with Gasteiger partial charge in [-0.1, -0.05) is 19.9 Å². The van der Waals surface area contributed by atoms with E-state index in [-0.39, 0.29) is 6.54 Å². The lowest BCUT2D eigenvalue weighted by atomic mass is 9.98. The molecule has 5 heteroatoms. The summed E-state index contributed by atoms with van der Waals surface area (Å²) in [6.07, 6.45) is 4.29. The fourth-order valence-electron chi connectivity index (χ4n) is 2.66. The lowest BCUT2D eigenvalue weighted by Gasteiger charge is -2.25. The molecular formula is C17H24N2O3. The maximum Gasteiger partial charge on any atom is 0.313 e. The molecule has 0 unspecified atom stereocenters. The SMILES string of the molecule is CCC(O)(CC)CNC(=O)C(=O)Nc1ccc2c(c1)CCC2. The van der Waals surface area contributed by atoms with Crippen LogP contribution in [-0.2, 0) is 22.4 Å². The Morgan fingerprint density at radius 1 is 1.14 bits per heavy atom. The van der Waals surface area contributed by atoms with E-state index in [1.165, 1.54) is 11.1 Å². The standard InChI is InChI=1S/C17H24N2O3/c1-3-17(22,4-2)11-18-15(20)16(21)19-14-9-8-12-6-5-7-13(12)10-14/h8-10,22H,3-7,11H2,1-2H3,(H,18,20)(H,19,21). The highest BCUT2D eigenvalue weighted by Crippen LogP contribution is 2.24. The first kappa shape index (κ1) is 16.5. The van der Waals surface area contributed by atoms with Crippen molar-refractivity contribution in [3.05, 3.63) is 29.3 Å². The number of aryl methyl sites for hydroxylation is 2. The molecule has 0 heterocycles. The molecule has 2 rings (SSSR count). The summed E-state index contributed by atoms with van der Waals surface area (Å²) in [5.74, 6) is -1.42. The minimum Gasteiger partial charge on any atom is -0.388 e. The molecule has 0 fully saturated rings. The van der Waals surface area contributed by atoms with Gasteiger partial charge in [0.05, 0.1) is 5.60 Å². The third-order valence-corrected chi connectivity index (χ3v) is 4.46. The van der Waals surface area contributed by atoms with Gasteiger partial charge in [0.2, 0.25) is 0 Å². The van der Waals surface area contributed by atoms with Crippen molar-refractivity contribution < 1.29 is 14.7 Å². The van der Waals surface area contributed by atoms with Gasteiger partial charge in [-0.15, -0.1) is 0 Å². The molecular weight excluding hydrogens is 280 g/mol. The molecule has 5 nitrogen and oxygen atoms in total. The van der Waals surface area contributed by atoms with Crippen LogP contribution in [-0.4, -0.2) is 29.1 Å². The molecule has 0 atom stereocenters. The first-order valence-electron chi connectivity index (χ1n) is 7.91. The van der Waals surface area contributed by atoms with E-state index < -0.39 is 17.4 Å². The Morgan fingerprint density at radius 3 is 2.50 bits per heavy atom. The number of carbonyl (C=O) groups is 2. The molecule has 0 saturated carbocycles. The van der Waals surface area contributed by atoms with Gasteiger partial charge in [-0.05, 0) is 55.4 Å². The molecule has 3 N–H and O–H groups in total. The van der Waals surface area contributed by atoms with Gasteiger partial charge in [0.15, 0.2) is 0 Å². The van der Waals surface area contributed by atoms with E-state index in [1.54, 1.807) is 0 Å². The number of nitrogens with one attached hydrogen (secondary N) is 2. The highest BCUT2D eigenvalue weighted by atomic mass is 16.3. The zero-order valence-electron chi connectivity index (χ0n) is 13.2. The molecule has 0 bridgehead atoms. The van der Waals surface area contributed by atoms with Gasteiger partial charge in [0, 0.05) is 12.2 Å². The second-order valence-electron chi connectivity index (χ2n) is 5.91. The molecule has 1 aliphatic rings. The van der Waals surface area contributed by atoms with Crippen LogP contribution in [0.2, 0.25) is 0 Å². The first-order chi connectivity index (χ1) is 10.5. The number of hydrogen-bond acceptors (Lipinski definition) is 3. The quantitative estimate of drug-likeness (QED) is 0.726. The Bertz CT molecular complexity index is 565. The van der Waals surface area contributed by atoms with Crippen LogP contribution in [0, 0.1) is 0 Å². The van der Waals surface area contributed by atoms with Crippen molar-refractivity contribution in [2.75, 3.05) is 11.9 Å². The zero-order chi connectivity index (χ0) is 16.2. The number of carbonyl (C=O) groups excluding carboxylic acids is 2. The van der Waals surface area contributed by atoms with E-state index in [9.17, 15) is 14.7 Å². The predicted molar refractivity (Wildman–Crippen MR) is 85.6 cm³/mol. The predicted octanol–water partition coefficient (Wildman–Crippen LogP) is 1.78. The summed E-state index contributed by atoms with van der Waals surface area (Å²) < 4.78 is 0. The van der Waals surface area contributed by atoms with Crippen LogP contribution < -0.4 is 10.6 Å². The van der Waals surface area contributed by atoms with E-state index in [0.717, 1.165) is 19.3 Å². The number of rotatable bonds is 5. The number of aliphatic hydroxyl groups is 1. The van der Waals surface area contributed by atoms with Crippen molar-refractivity contribution in [1.29, 1.82) is 0 Å². The molecule has 0 aromatic heterocycles. The fraction of sp³-hybridized carbons (Fsp3) is 0.529. The highest BCUT2D eigenvalue weighted by molar-refractivity contribution is 6.39. The van der Waals surface area contributed by atoms with Gasteiger partial charge in [-0.25, -0.2) is 0 Å². The van der Waals surface area contributed by atoms with Crippen LogP contribution in [0.5, 0.6) is 0 Å². The van der Waals surface area contributed by atoms with Gasteiger partial charge in [0.1, 0.15) is 0 Å². The van der Waals surface area contributed by atoms with Crippen molar-refractivity contribution in [2.24, 2.45) is 0 Å². The van der Waals surface area contributed by atoms with Gasteiger partial charge in [-0.2, -0.15) is 0 Å². The summed E-state index contributed by atoms with van der Waals surface area (Å²) in [6, 6.07) is 5.76. The topological polar surface area (TPSA) is 78.4 Å². The number of benzene rings is 1. The van der Waals surface area contributed by atoms with E-state index in [2.05, 4.69) is 10.6 Å². The molecule has 22 heavy (non-hydrogen) atoms. The summed E-state index contributed by atoms with van der Waals surface area (Å²) in [4.78, 5) is 23.7. The maximum atomic E-state index is 11.9. The Morgan fingerprint density at radius 2 is 1.82 bits per heavy atom. The third kappa shape index (κ3) is 3.85. The minimum atomic E-state index is -0.955. The third-order valence-electron chi connectivity index (χ3n) is 4.46. The van der Waals surface area contributed by atoms with Crippen LogP contribution in [0.15, 0.2) is 18.2 Å². The second kappa shape index (κ2) is 6.92. The van der Waals surface area contributed by atoms with Crippen molar-refractivity contribution in [2.45, 2.75) is 51.6 Å². The van der Waals surface area contributed by atoms with Gasteiger partial charge >= 0.3 is 11.8 Å². The Labute approximate surface area is 131 Å². The fourth-order valence-corrected chi connectivity index (χ4v) is 2.66. The minimum absolute atomic E-state index is 0.0798. The molecule has 0 spiro atoms. The van der Waals surface area contributed by atoms with Crippen LogP contribution in [0.4, 0.5) is 5.69 Å². The zero-order valence-corrected chi connectivity index (χ0v) is 13.2. The van der Waals surface area contributed by atoms with Crippen molar-refractivity contribution >= 4 is 17.5 Å². The molecule has 1 aromatic rings. The van der Waals surface area contributed by atoms with Crippen molar-refractivity contribution in [3.63, 3.8) is 0 Å². The highest BCUT2D eigenvalue weighted by Gasteiger charge is 2.24. The first-order valence-corrected chi connectivity index (χ1v) is 7.91. The summed E-state index contributed by atoms with van der Waals surface area (Å²) in [5.41, 5.74) is 2.24. The molecule has 1 aromatic carbocycles. The Balaban J connectivity index is 1.90. The van der Waals surface area contributed by atoms with Crippen LogP contribution in [0.3, 0.4) is 0 Å². The summed E-state index contributed by atoms with van der Waals surface area (Å²) in [7, 11) is 0. The van der Waals surface area contributed by atoms with E-state index in [0.29, 0.717) is 18.5 Å². The Kier molecular flexibility index (Phi) is 5.19. The van der Waals surface area contributed by atoms with Crippen LogP contribution in [0.25, 0.3) is 0 Å². The lowest BCUT2D eigenvalue weighted by Crippen LogP contribution is -2.45. The maximum absolute atomic E-state index is 11.9. The summed E-state index contributed by atoms with van der Waals surface area (Å²) >= 11 is 0. The number of hydrogen-bond donors (Lipinski definition) is 3. The van der Waals surface area contributed by atoms with E-state index in [4.69, 9.17) is 0 Å². The number of fused-ring (bicyclic) bond motifs is 1. The molecule has 0 aliphatic heterocycles. The average molecular weight is 304 g/mol. The molecule has 0 radical (unpaired) electrons. The molecule has 2 amide bonds. The van der Waals surface area contributed by atoms with Gasteiger partial charge < -0.3 is 15.7 Å². The van der Waals surface area contributed by atoms with Gasteiger partial charge in [-0.3, -0.25) is 9.59 Å². The number of anilines is 1. The number of amides is 2.